The Morgan fingerprint density at radius 1 is 1.06 bits per heavy atom. The minimum atomic E-state index is -3.33. The molecule has 7 heteroatoms. The number of hydrogen-bond donors (Lipinski definition) is 2. The normalized spacial score (nSPS) is 22.1. The van der Waals surface area contributed by atoms with Crippen molar-refractivity contribution < 1.29 is 13.2 Å². The summed E-state index contributed by atoms with van der Waals surface area (Å²) in [7, 11) is -1.73. The van der Waals surface area contributed by atoms with Gasteiger partial charge in [-0.15, -0.1) is 0 Å². The smallest absolute Gasteiger partial charge is 0.231 e. The van der Waals surface area contributed by atoms with E-state index in [-0.39, 0.29) is 12.1 Å². The van der Waals surface area contributed by atoms with Crippen LogP contribution in [0, 0.1) is 0 Å². The number of anilines is 1. The lowest BCUT2D eigenvalue weighted by Crippen LogP contribution is -2.45. The van der Waals surface area contributed by atoms with Gasteiger partial charge >= 0.3 is 0 Å². The van der Waals surface area contributed by atoms with Gasteiger partial charge in [0.2, 0.25) is 10.0 Å². The molecule has 1 saturated heterocycles. The summed E-state index contributed by atoms with van der Waals surface area (Å²) in [6.07, 6.45) is 8.28. The van der Waals surface area contributed by atoms with Gasteiger partial charge in [-0.1, -0.05) is 30.3 Å². The number of sulfonamides is 1. The zero-order valence-corrected chi connectivity index (χ0v) is 19.9. The third-order valence-electron chi connectivity index (χ3n) is 6.67. The molecule has 4 rings (SSSR count). The van der Waals surface area contributed by atoms with Crippen molar-refractivity contribution in [1.29, 1.82) is 0 Å². The second-order valence-electron chi connectivity index (χ2n) is 9.02. The maximum absolute atomic E-state index is 12.1. The summed E-state index contributed by atoms with van der Waals surface area (Å²) in [5.74, 6) is 0.857. The lowest BCUT2D eigenvalue weighted by molar-refractivity contribution is 0.206. The number of nitrogens with zero attached hydrogens (tertiary/aromatic N) is 1. The highest BCUT2D eigenvalue weighted by molar-refractivity contribution is 7.92. The fourth-order valence-corrected chi connectivity index (χ4v) is 5.25. The molecular formula is C25H35N3O3S. The van der Waals surface area contributed by atoms with E-state index in [2.05, 4.69) is 34.9 Å². The maximum Gasteiger partial charge on any atom is 0.231 e. The highest BCUT2D eigenvalue weighted by Crippen LogP contribution is 2.31. The van der Waals surface area contributed by atoms with Crippen molar-refractivity contribution in [1.82, 2.24) is 10.6 Å². The molecule has 32 heavy (non-hydrogen) atoms. The van der Waals surface area contributed by atoms with Crippen LogP contribution in [0.3, 0.4) is 0 Å². The molecule has 2 N–H and O–H groups in total. The van der Waals surface area contributed by atoms with Gasteiger partial charge in [-0.05, 0) is 68.8 Å². The minimum Gasteiger partial charge on any atom is -0.490 e. The van der Waals surface area contributed by atoms with Crippen molar-refractivity contribution in [3.8, 4) is 5.75 Å². The second kappa shape index (κ2) is 10.2. The molecule has 1 heterocycles. The van der Waals surface area contributed by atoms with Gasteiger partial charge in [-0.3, -0.25) is 4.31 Å². The third kappa shape index (κ3) is 5.63. The SMILES string of the molecule is CN(c1ccc(OC2CCCC2)c(CNC2CCCNC2c2ccccc2)c1)S(C)(=O)=O. The monoisotopic (exact) mass is 457 g/mol. The van der Waals surface area contributed by atoms with Crippen LogP contribution in [0.2, 0.25) is 0 Å². The summed E-state index contributed by atoms with van der Waals surface area (Å²) < 4.78 is 31.8. The molecule has 2 aliphatic rings. The van der Waals surface area contributed by atoms with Crippen LogP contribution in [0.1, 0.15) is 55.7 Å². The standard InChI is InChI=1S/C25H35N3O3S/c1-28(32(2,29)30)21-14-15-24(31-22-11-6-7-12-22)20(17-21)18-27-23-13-8-16-26-25(23)19-9-4-3-5-10-19/h3-5,9-10,14-15,17,22-23,25-27H,6-8,11-13,16,18H2,1-2H3. The van der Waals surface area contributed by atoms with Crippen LogP contribution in [0.4, 0.5) is 5.69 Å². The van der Waals surface area contributed by atoms with E-state index in [1.165, 1.54) is 29.0 Å². The molecule has 0 amide bonds. The van der Waals surface area contributed by atoms with Gasteiger partial charge in [0, 0.05) is 31.2 Å². The van der Waals surface area contributed by atoms with Crippen LogP contribution in [0.25, 0.3) is 0 Å². The Morgan fingerprint density at radius 3 is 2.53 bits per heavy atom. The van der Waals surface area contributed by atoms with Crippen LogP contribution in [-0.4, -0.2) is 40.4 Å². The largest absolute Gasteiger partial charge is 0.490 e. The first kappa shape index (κ1) is 23.1. The molecule has 2 unspecified atom stereocenters. The van der Waals surface area contributed by atoms with E-state index in [1.807, 2.05) is 24.3 Å². The zero-order chi connectivity index (χ0) is 22.6. The fraction of sp³-hybridized carbons (Fsp3) is 0.520. The molecule has 2 aromatic rings. The highest BCUT2D eigenvalue weighted by atomic mass is 32.2. The summed E-state index contributed by atoms with van der Waals surface area (Å²) in [6.45, 7) is 1.64. The number of rotatable bonds is 8. The van der Waals surface area contributed by atoms with Gasteiger partial charge < -0.3 is 15.4 Å². The quantitative estimate of drug-likeness (QED) is 0.627. The Balaban J connectivity index is 1.55. The van der Waals surface area contributed by atoms with Crippen LogP contribution >= 0.6 is 0 Å². The van der Waals surface area contributed by atoms with E-state index in [1.54, 1.807) is 7.05 Å². The van der Waals surface area contributed by atoms with Gasteiger partial charge in [0.05, 0.1) is 18.0 Å². The van der Waals surface area contributed by atoms with Gasteiger partial charge in [0.15, 0.2) is 0 Å². The van der Waals surface area contributed by atoms with Crippen LogP contribution in [-0.2, 0) is 16.6 Å². The Bertz CT molecular complexity index is 991. The summed E-state index contributed by atoms with van der Waals surface area (Å²) in [5.41, 5.74) is 2.95. The lowest BCUT2D eigenvalue weighted by atomic mass is 9.92. The average Bonchev–Trinajstić information content (AvgIpc) is 3.31. The summed E-state index contributed by atoms with van der Waals surface area (Å²) in [6, 6.07) is 16.8. The minimum absolute atomic E-state index is 0.251. The van der Waals surface area contributed by atoms with E-state index >= 15 is 0 Å². The van der Waals surface area contributed by atoms with Crippen LogP contribution in [0.5, 0.6) is 5.75 Å². The first-order valence-corrected chi connectivity index (χ1v) is 13.5. The van der Waals surface area contributed by atoms with E-state index in [0.29, 0.717) is 18.3 Å². The molecule has 2 fully saturated rings. The van der Waals surface area contributed by atoms with Gasteiger partial charge in [0.1, 0.15) is 5.75 Å². The molecule has 174 valence electrons. The Labute approximate surface area is 192 Å². The fourth-order valence-electron chi connectivity index (χ4n) is 4.75. The highest BCUT2D eigenvalue weighted by Gasteiger charge is 2.26. The summed E-state index contributed by atoms with van der Waals surface area (Å²) in [4.78, 5) is 0. The predicted molar refractivity (Wildman–Crippen MR) is 130 cm³/mol. The average molecular weight is 458 g/mol. The van der Waals surface area contributed by atoms with Gasteiger partial charge in [0.25, 0.3) is 0 Å². The van der Waals surface area contributed by atoms with Gasteiger partial charge in [-0.25, -0.2) is 8.42 Å². The molecule has 0 bridgehead atoms. The number of piperidine rings is 1. The van der Waals surface area contributed by atoms with Crippen molar-refractivity contribution in [3.63, 3.8) is 0 Å². The molecule has 0 spiro atoms. The molecule has 2 aromatic carbocycles. The van der Waals surface area contributed by atoms with E-state index in [9.17, 15) is 8.42 Å². The molecular weight excluding hydrogens is 422 g/mol. The first-order valence-electron chi connectivity index (χ1n) is 11.7. The van der Waals surface area contributed by atoms with Gasteiger partial charge in [-0.2, -0.15) is 0 Å². The van der Waals surface area contributed by atoms with Crippen molar-refractivity contribution >= 4 is 15.7 Å². The maximum atomic E-state index is 12.1. The Hall–Kier alpha value is -2.09. The summed E-state index contributed by atoms with van der Waals surface area (Å²) >= 11 is 0. The molecule has 1 saturated carbocycles. The Morgan fingerprint density at radius 2 is 1.81 bits per heavy atom. The van der Waals surface area contributed by atoms with E-state index in [4.69, 9.17) is 4.74 Å². The topological polar surface area (TPSA) is 70.7 Å². The molecule has 2 atom stereocenters. The Kier molecular flexibility index (Phi) is 7.38. The lowest BCUT2D eigenvalue weighted by Gasteiger charge is -2.34. The van der Waals surface area contributed by atoms with Crippen molar-refractivity contribution in [2.45, 2.75) is 63.3 Å². The first-order chi connectivity index (χ1) is 15.4. The number of nitrogens with one attached hydrogen (secondary N) is 2. The third-order valence-corrected chi connectivity index (χ3v) is 7.88. The molecule has 0 radical (unpaired) electrons. The van der Waals surface area contributed by atoms with Crippen LogP contribution in [0.15, 0.2) is 48.5 Å². The second-order valence-corrected chi connectivity index (χ2v) is 11.0. The predicted octanol–water partition coefficient (Wildman–Crippen LogP) is 3.99. The zero-order valence-electron chi connectivity index (χ0n) is 19.1. The van der Waals surface area contributed by atoms with Crippen molar-refractivity contribution in [3.05, 3.63) is 59.7 Å². The van der Waals surface area contributed by atoms with Crippen molar-refractivity contribution in [2.75, 3.05) is 24.2 Å². The number of hydrogen-bond acceptors (Lipinski definition) is 5. The van der Waals surface area contributed by atoms with Crippen molar-refractivity contribution in [2.24, 2.45) is 0 Å². The molecule has 1 aliphatic carbocycles. The van der Waals surface area contributed by atoms with Crippen LogP contribution < -0.4 is 19.7 Å². The number of benzene rings is 2. The molecule has 0 aromatic heterocycles. The number of ether oxygens (including phenoxy) is 1. The van der Waals surface area contributed by atoms with E-state index in [0.717, 1.165) is 43.5 Å². The molecule has 1 aliphatic heterocycles. The summed E-state index contributed by atoms with van der Waals surface area (Å²) in [5, 5.41) is 7.41. The molecule has 6 nitrogen and oxygen atoms in total. The van der Waals surface area contributed by atoms with E-state index < -0.39 is 10.0 Å².